The van der Waals surface area contributed by atoms with Crippen molar-refractivity contribution >= 4 is 11.6 Å². The fourth-order valence-corrected chi connectivity index (χ4v) is 3.78. The maximum Gasteiger partial charge on any atom is 0.0992 e. The normalized spacial score (nSPS) is 23.2. The number of likely N-dealkylation sites (tertiary alicyclic amines) is 1. The average Bonchev–Trinajstić information content (AvgIpc) is 2.85. The first-order valence-electron chi connectivity index (χ1n) is 8.46. The van der Waals surface area contributed by atoms with Crippen LogP contribution in [0.3, 0.4) is 0 Å². The number of hydrogen-bond donors (Lipinski definition) is 0. The molecular formula is C19H27ClN2O. The lowest BCUT2D eigenvalue weighted by molar-refractivity contribution is 0.0519. The van der Waals surface area contributed by atoms with E-state index in [2.05, 4.69) is 38.7 Å². The van der Waals surface area contributed by atoms with Gasteiger partial charge in [-0.1, -0.05) is 11.6 Å². The molecule has 3 atom stereocenters. The maximum atomic E-state index is 9.08. The van der Waals surface area contributed by atoms with Gasteiger partial charge in [-0.2, -0.15) is 5.26 Å². The highest BCUT2D eigenvalue weighted by atomic mass is 35.5. The van der Waals surface area contributed by atoms with E-state index in [0.29, 0.717) is 34.7 Å². The van der Waals surface area contributed by atoms with Gasteiger partial charge < -0.3 is 4.74 Å². The van der Waals surface area contributed by atoms with Crippen LogP contribution in [0.2, 0.25) is 5.02 Å². The van der Waals surface area contributed by atoms with Crippen molar-refractivity contribution in [2.75, 3.05) is 13.2 Å². The summed E-state index contributed by atoms with van der Waals surface area (Å²) in [5, 5.41) is 9.72. The molecule has 0 amide bonds. The van der Waals surface area contributed by atoms with Crippen molar-refractivity contribution in [1.82, 2.24) is 4.90 Å². The first-order valence-corrected chi connectivity index (χ1v) is 8.83. The van der Waals surface area contributed by atoms with Gasteiger partial charge in [0.1, 0.15) is 0 Å². The lowest BCUT2D eigenvalue weighted by Gasteiger charge is -2.29. The van der Waals surface area contributed by atoms with Crippen LogP contribution in [0.5, 0.6) is 0 Å². The van der Waals surface area contributed by atoms with Gasteiger partial charge in [0.25, 0.3) is 0 Å². The summed E-state index contributed by atoms with van der Waals surface area (Å²) in [6.07, 6.45) is 2.40. The first-order chi connectivity index (χ1) is 10.9. The van der Waals surface area contributed by atoms with Gasteiger partial charge in [0.05, 0.1) is 24.3 Å². The van der Waals surface area contributed by atoms with Crippen LogP contribution in [-0.4, -0.2) is 36.2 Å². The molecule has 0 radical (unpaired) electrons. The predicted octanol–water partition coefficient (Wildman–Crippen LogP) is 4.28. The second kappa shape index (κ2) is 8.15. The largest absolute Gasteiger partial charge is 0.378 e. The summed E-state index contributed by atoms with van der Waals surface area (Å²) in [6.45, 7) is 10.7. The second-order valence-corrected chi connectivity index (χ2v) is 7.48. The zero-order valence-corrected chi connectivity index (χ0v) is 15.3. The molecule has 1 heterocycles. The number of hydrogen-bond acceptors (Lipinski definition) is 3. The molecule has 4 heteroatoms. The molecule has 0 saturated carbocycles. The van der Waals surface area contributed by atoms with Crippen LogP contribution in [-0.2, 0) is 11.2 Å². The van der Waals surface area contributed by atoms with Crippen molar-refractivity contribution in [3.63, 3.8) is 0 Å². The van der Waals surface area contributed by atoms with Crippen molar-refractivity contribution in [2.24, 2.45) is 5.92 Å². The number of halogens is 1. The minimum absolute atomic E-state index is 0.299. The fraction of sp³-hybridized carbons (Fsp3) is 0.632. The molecule has 126 valence electrons. The molecule has 2 rings (SSSR count). The van der Waals surface area contributed by atoms with Gasteiger partial charge in [-0.25, -0.2) is 0 Å². The van der Waals surface area contributed by atoms with Crippen molar-refractivity contribution in [2.45, 2.75) is 58.7 Å². The Bertz CT molecular complexity index is 567. The first kappa shape index (κ1) is 18.3. The van der Waals surface area contributed by atoms with E-state index in [4.69, 9.17) is 21.6 Å². The molecule has 3 unspecified atom stereocenters. The van der Waals surface area contributed by atoms with Gasteiger partial charge in [0.2, 0.25) is 0 Å². The Morgan fingerprint density at radius 3 is 2.74 bits per heavy atom. The van der Waals surface area contributed by atoms with Crippen LogP contribution in [0, 0.1) is 17.2 Å². The number of nitriles is 1. The Morgan fingerprint density at radius 2 is 2.09 bits per heavy atom. The Hall–Kier alpha value is -1.08. The van der Waals surface area contributed by atoms with E-state index in [9.17, 15) is 0 Å². The lowest BCUT2D eigenvalue weighted by atomic mass is 10.0. The lowest BCUT2D eigenvalue weighted by Crippen LogP contribution is -2.37. The summed E-state index contributed by atoms with van der Waals surface area (Å²) in [5.74, 6) is 0.615. The minimum atomic E-state index is 0.299. The van der Waals surface area contributed by atoms with E-state index < -0.39 is 0 Å². The number of rotatable bonds is 6. The third-order valence-corrected chi connectivity index (χ3v) is 4.78. The number of nitrogens with zero attached hydrogens (tertiary/aromatic N) is 2. The van der Waals surface area contributed by atoms with Crippen LogP contribution in [0.15, 0.2) is 18.2 Å². The highest BCUT2D eigenvalue weighted by molar-refractivity contribution is 6.30. The van der Waals surface area contributed by atoms with E-state index in [1.54, 1.807) is 6.07 Å². The van der Waals surface area contributed by atoms with E-state index in [-0.39, 0.29) is 0 Å². The zero-order valence-electron chi connectivity index (χ0n) is 14.6. The predicted molar refractivity (Wildman–Crippen MR) is 94.7 cm³/mol. The standard InChI is InChI=1S/C19H27ClN2O/c1-13(2)23-12-18-6-15(4)22(11-18)14(3)5-16-7-17(10-21)9-19(20)8-16/h7-9,13-15,18H,5-6,11-12H2,1-4H3. The highest BCUT2D eigenvalue weighted by Gasteiger charge is 2.32. The van der Waals surface area contributed by atoms with Gasteiger partial charge >= 0.3 is 0 Å². The Balaban J connectivity index is 1.96. The quantitative estimate of drug-likeness (QED) is 0.779. The van der Waals surface area contributed by atoms with Gasteiger partial charge in [-0.15, -0.1) is 0 Å². The zero-order chi connectivity index (χ0) is 17.0. The minimum Gasteiger partial charge on any atom is -0.378 e. The van der Waals surface area contributed by atoms with Crippen molar-refractivity contribution < 1.29 is 4.74 Å². The van der Waals surface area contributed by atoms with Crippen LogP contribution in [0.4, 0.5) is 0 Å². The van der Waals surface area contributed by atoms with Crippen molar-refractivity contribution in [3.05, 3.63) is 34.3 Å². The fourth-order valence-electron chi connectivity index (χ4n) is 3.53. The van der Waals surface area contributed by atoms with E-state index in [1.807, 2.05) is 12.1 Å². The SMILES string of the molecule is CC(C)OCC1CC(C)N(C(C)Cc2cc(Cl)cc(C#N)c2)C1. The molecule has 1 fully saturated rings. The molecule has 1 aromatic carbocycles. The molecule has 3 nitrogen and oxygen atoms in total. The van der Waals surface area contributed by atoms with Gasteiger partial charge in [-0.3, -0.25) is 4.90 Å². The van der Waals surface area contributed by atoms with E-state index >= 15 is 0 Å². The maximum absolute atomic E-state index is 9.08. The van der Waals surface area contributed by atoms with E-state index in [0.717, 1.165) is 25.1 Å². The molecule has 1 aliphatic heterocycles. The molecule has 0 spiro atoms. The third-order valence-electron chi connectivity index (χ3n) is 4.56. The third kappa shape index (κ3) is 5.21. The number of benzene rings is 1. The smallest absolute Gasteiger partial charge is 0.0992 e. The van der Waals surface area contributed by atoms with Crippen molar-refractivity contribution in [1.29, 1.82) is 5.26 Å². The molecule has 1 aromatic rings. The molecular weight excluding hydrogens is 308 g/mol. The van der Waals surface area contributed by atoms with Crippen LogP contribution >= 0.6 is 11.6 Å². The van der Waals surface area contributed by atoms with Gasteiger partial charge in [0.15, 0.2) is 0 Å². The van der Waals surface area contributed by atoms with Gasteiger partial charge in [0, 0.05) is 23.7 Å². The summed E-state index contributed by atoms with van der Waals surface area (Å²) >= 11 is 6.11. The molecule has 0 bridgehead atoms. The Morgan fingerprint density at radius 1 is 1.35 bits per heavy atom. The summed E-state index contributed by atoms with van der Waals surface area (Å²) in [6, 6.07) is 8.81. The monoisotopic (exact) mass is 334 g/mol. The molecule has 1 aliphatic rings. The highest BCUT2D eigenvalue weighted by Crippen LogP contribution is 2.27. The summed E-state index contributed by atoms with van der Waals surface area (Å²) in [7, 11) is 0. The van der Waals surface area contributed by atoms with Gasteiger partial charge in [-0.05, 0) is 70.2 Å². The summed E-state index contributed by atoms with van der Waals surface area (Å²) < 4.78 is 5.79. The number of ether oxygens (including phenoxy) is 1. The average molecular weight is 335 g/mol. The van der Waals surface area contributed by atoms with Crippen molar-refractivity contribution in [3.8, 4) is 6.07 Å². The second-order valence-electron chi connectivity index (χ2n) is 7.04. The Kier molecular flexibility index (Phi) is 6.47. The molecule has 0 aromatic heterocycles. The summed E-state index contributed by atoms with van der Waals surface area (Å²) in [4.78, 5) is 2.56. The van der Waals surface area contributed by atoms with E-state index in [1.165, 1.54) is 6.42 Å². The molecule has 0 aliphatic carbocycles. The molecule has 1 saturated heterocycles. The Labute approximate surface area is 145 Å². The topological polar surface area (TPSA) is 36.3 Å². The van der Waals surface area contributed by atoms with Crippen LogP contribution < -0.4 is 0 Å². The van der Waals surface area contributed by atoms with Crippen LogP contribution in [0.25, 0.3) is 0 Å². The molecule has 0 N–H and O–H groups in total. The summed E-state index contributed by atoms with van der Waals surface area (Å²) in [5.41, 5.74) is 1.77. The van der Waals surface area contributed by atoms with Crippen LogP contribution in [0.1, 0.15) is 45.2 Å². The molecule has 23 heavy (non-hydrogen) atoms.